The number of amides is 1. The van der Waals surface area contributed by atoms with Crippen LogP contribution < -0.4 is 0 Å². The number of carbonyl (C=O) groups excluding carboxylic acids is 1. The molecule has 0 aliphatic heterocycles. The van der Waals surface area contributed by atoms with Crippen LogP contribution in [0.1, 0.15) is 15.9 Å². The van der Waals surface area contributed by atoms with Crippen LogP contribution in [0.5, 0.6) is 0 Å². The van der Waals surface area contributed by atoms with E-state index in [1.807, 2.05) is 36.7 Å². The highest BCUT2D eigenvalue weighted by atomic mass is 79.9. The summed E-state index contributed by atoms with van der Waals surface area (Å²) in [6, 6.07) is 7.61. The van der Waals surface area contributed by atoms with Crippen LogP contribution in [0.2, 0.25) is 0 Å². The van der Waals surface area contributed by atoms with Gasteiger partial charge >= 0.3 is 0 Å². The molecule has 0 aliphatic carbocycles. The average Bonchev–Trinajstić information content (AvgIpc) is 3.05. The van der Waals surface area contributed by atoms with E-state index in [0.717, 1.165) is 20.3 Å². The van der Waals surface area contributed by atoms with E-state index in [-0.39, 0.29) is 5.91 Å². The van der Waals surface area contributed by atoms with Crippen LogP contribution in [-0.4, -0.2) is 28.1 Å². The number of fused-ring (bicyclic) bond motifs is 1. The van der Waals surface area contributed by atoms with Gasteiger partial charge in [-0.15, -0.1) is 11.3 Å². The van der Waals surface area contributed by atoms with Gasteiger partial charge in [-0.2, -0.15) is 5.10 Å². The van der Waals surface area contributed by atoms with Crippen LogP contribution in [0.25, 0.3) is 10.9 Å². The molecule has 102 valence electrons. The lowest BCUT2D eigenvalue weighted by Crippen LogP contribution is -2.25. The molecule has 1 amide bonds. The average molecular weight is 350 g/mol. The Kier molecular flexibility index (Phi) is 3.58. The van der Waals surface area contributed by atoms with Crippen molar-refractivity contribution in [2.45, 2.75) is 6.54 Å². The van der Waals surface area contributed by atoms with Crippen molar-refractivity contribution in [2.24, 2.45) is 0 Å². The molecule has 6 heteroatoms. The van der Waals surface area contributed by atoms with Crippen molar-refractivity contribution in [3.63, 3.8) is 0 Å². The number of rotatable bonds is 3. The van der Waals surface area contributed by atoms with Gasteiger partial charge in [-0.3, -0.25) is 9.89 Å². The molecule has 0 saturated carbocycles. The molecule has 0 bridgehead atoms. The van der Waals surface area contributed by atoms with Crippen molar-refractivity contribution in [1.29, 1.82) is 0 Å². The van der Waals surface area contributed by atoms with Gasteiger partial charge in [0.25, 0.3) is 5.91 Å². The predicted molar refractivity (Wildman–Crippen MR) is 83.9 cm³/mol. The smallest absolute Gasteiger partial charge is 0.253 e. The summed E-state index contributed by atoms with van der Waals surface area (Å²) in [7, 11) is 1.81. The minimum absolute atomic E-state index is 0.00354. The molecule has 0 unspecified atom stereocenters. The van der Waals surface area contributed by atoms with Crippen LogP contribution in [-0.2, 0) is 6.54 Å². The number of benzene rings is 1. The molecule has 1 aromatic carbocycles. The maximum atomic E-state index is 12.4. The summed E-state index contributed by atoms with van der Waals surface area (Å²) in [4.78, 5) is 14.1. The van der Waals surface area contributed by atoms with Gasteiger partial charge in [0.1, 0.15) is 0 Å². The van der Waals surface area contributed by atoms with Crippen molar-refractivity contribution in [3.8, 4) is 0 Å². The zero-order valence-electron chi connectivity index (χ0n) is 10.8. The van der Waals surface area contributed by atoms with Crippen LogP contribution in [0, 0.1) is 0 Å². The highest BCUT2D eigenvalue weighted by Crippen LogP contribution is 2.22. The fraction of sp³-hybridized carbons (Fsp3) is 0.143. The molecule has 2 heterocycles. The molecule has 0 radical (unpaired) electrons. The van der Waals surface area contributed by atoms with Crippen LogP contribution in [0.4, 0.5) is 0 Å². The summed E-state index contributed by atoms with van der Waals surface area (Å²) in [6.07, 6.45) is 1.75. The highest BCUT2D eigenvalue weighted by Gasteiger charge is 2.13. The highest BCUT2D eigenvalue weighted by molar-refractivity contribution is 9.11. The summed E-state index contributed by atoms with van der Waals surface area (Å²) in [5.74, 6) is 0.00354. The summed E-state index contributed by atoms with van der Waals surface area (Å²) >= 11 is 5.05. The van der Waals surface area contributed by atoms with Gasteiger partial charge in [-0.25, -0.2) is 0 Å². The van der Waals surface area contributed by atoms with Gasteiger partial charge in [0, 0.05) is 24.5 Å². The second-order valence-electron chi connectivity index (χ2n) is 4.59. The Bertz CT molecular complexity index is 764. The molecule has 0 fully saturated rings. The van der Waals surface area contributed by atoms with Gasteiger partial charge in [0.15, 0.2) is 0 Å². The molecule has 1 N–H and O–H groups in total. The maximum absolute atomic E-state index is 12.4. The first kappa shape index (κ1) is 13.3. The van der Waals surface area contributed by atoms with E-state index in [4.69, 9.17) is 0 Å². The number of aromatic amines is 1. The summed E-state index contributed by atoms with van der Waals surface area (Å²) in [5, 5.41) is 9.90. The third-order valence-electron chi connectivity index (χ3n) is 3.08. The third-order valence-corrected chi connectivity index (χ3v) is 4.63. The van der Waals surface area contributed by atoms with E-state index in [0.29, 0.717) is 12.1 Å². The van der Waals surface area contributed by atoms with Crippen LogP contribution >= 0.6 is 27.3 Å². The monoisotopic (exact) mass is 349 g/mol. The zero-order valence-corrected chi connectivity index (χ0v) is 13.2. The first-order valence-electron chi connectivity index (χ1n) is 6.05. The molecular weight excluding hydrogens is 338 g/mol. The molecule has 2 aromatic heterocycles. The number of aromatic nitrogens is 2. The van der Waals surface area contributed by atoms with Gasteiger partial charge in [0.05, 0.1) is 15.5 Å². The largest absolute Gasteiger partial charge is 0.337 e. The summed E-state index contributed by atoms with van der Waals surface area (Å²) < 4.78 is 1.08. The number of halogens is 1. The molecule has 20 heavy (non-hydrogen) atoms. The van der Waals surface area contributed by atoms with Crippen molar-refractivity contribution < 1.29 is 4.79 Å². The molecule has 3 rings (SSSR count). The van der Waals surface area contributed by atoms with E-state index >= 15 is 0 Å². The normalized spacial score (nSPS) is 10.9. The second-order valence-corrected chi connectivity index (χ2v) is 6.88. The number of H-pyrrole nitrogens is 1. The summed E-state index contributed by atoms with van der Waals surface area (Å²) in [5.41, 5.74) is 2.67. The van der Waals surface area contributed by atoms with Crippen molar-refractivity contribution >= 4 is 44.1 Å². The topological polar surface area (TPSA) is 49.0 Å². The fourth-order valence-corrected chi connectivity index (χ4v) is 3.27. The van der Waals surface area contributed by atoms with Crippen molar-refractivity contribution in [1.82, 2.24) is 15.1 Å². The minimum Gasteiger partial charge on any atom is -0.337 e. The number of nitrogens with one attached hydrogen (secondary N) is 1. The van der Waals surface area contributed by atoms with Gasteiger partial charge in [0.2, 0.25) is 0 Å². The van der Waals surface area contributed by atoms with Gasteiger partial charge < -0.3 is 4.90 Å². The first-order chi connectivity index (χ1) is 9.63. The number of thiophene rings is 1. The second kappa shape index (κ2) is 5.38. The number of hydrogen-bond acceptors (Lipinski definition) is 3. The standard InChI is InChI=1S/C14H12BrN3OS/c1-18(7-9-4-13(15)20-8-9)14(19)10-2-3-11-6-16-17-12(11)5-10/h2-6,8H,7H2,1H3,(H,16,17). The molecule has 0 aliphatic rings. The Labute approximate surface area is 128 Å². The van der Waals surface area contributed by atoms with Crippen LogP contribution in [0.15, 0.2) is 39.6 Å². The number of nitrogens with zero attached hydrogens (tertiary/aromatic N) is 2. The zero-order chi connectivity index (χ0) is 14.1. The molecule has 3 aromatic rings. The molecule has 0 atom stereocenters. The Morgan fingerprint density at radius 1 is 1.45 bits per heavy atom. The lowest BCUT2D eigenvalue weighted by molar-refractivity contribution is 0.0785. The van der Waals surface area contributed by atoms with Crippen molar-refractivity contribution in [3.05, 3.63) is 50.8 Å². The SMILES string of the molecule is CN(Cc1csc(Br)c1)C(=O)c1ccc2cn[nH]c2c1. The Balaban J connectivity index is 1.80. The predicted octanol–water partition coefficient (Wildman–Crippen LogP) is 3.66. The third kappa shape index (κ3) is 2.62. The van der Waals surface area contributed by atoms with Gasteiger partial charge in [-0.05, 0) is 45.1 Å². The molecular formula is C14H12BrN3OS. The Morgan fingerprint density at radius 2 is 2.30 bits per heavy atom. The minimum atomic E-state index is 0.00354. The number of hydrogen-bond donors (Lipinski definition) is 1. The molecule has 0 saturated heterocycles. The van der Waals surface area contributed by atoms with E-state index in [2.05, 4.69) is 26.1 Å². The van der Waals surface area contributed by atoms with E-state index in [1.165, 1.54) is 0 Å². The lowest BCUT2D eigenvalue weighted by Gasteiger charge is -2.16. The Morgan fingerprint density at radius 3 is 3.05 bits per heavy atom. The Hall–Kier alpha value is -1.66. The lowest BCUT2D eigenvalue weighted by atomic mass is 10.1. The van der Waals surface area contributed by atoms with Crippen molar-refractivity contribution in [2.75, 3.05) is 7.05 Å². The van der Waals surface area contributed by atoms with E-state index < -0.39 is 0 Å². The van der Waals surface area contributed by atoms with E-state index in [1.54, 1.807) is 22.4 Å². The van der Waals surface area contributed by atoms with Gasteiger partial charge in [-0.1, -0.05) is 6.07 Å². The fourth-order valence-electron chi connectivity index (χ4n) is 2.06. The first-order valence-corrected chi connectivity index (χ1v) is 7.72. The summed E-state index contributed by atoms with van der Waals surface area (Å²) in [6.45, 7) is 0.599. The van der Waals surface area contributed by atoms with E-state index in [9.17, 15) is 4.79 Å². The van der Waals surface area contributed by atoms with Crippen LogP contribution in [0.3, 0.4) is 0 Å². The molecule has 0 spiro atoms. The quantitative estimate of drug-likeness (QED) is 0.784. The number of carbonyl (C=O) groups is 1. The molecule has 4 nitrogen and oxygen atoms in total. The maximum Gasteiger partial charge on any atom is 0.253 e.